The average Bonchev–Trinajstić information content (AvgIpc) is 2.88. The van der Waals surface area contributed by atoms with Crippen molar-refractivity contribution in [3.05, 3.63) is 36.7 Å². The second-order valence-corrected chi connectivity index (χ2v) is 7.72. The van der Waals surface area contributed by atoms with Crippen LogP contribution in [0.5, 0.6) is 0 Å². The van der Waals surface area contributed by atoms with Gasteiger partial charge in [0.05, 0.1) is 14.4 Å². The molecule has 0 aliphatic heterocycles. The molecule has 2 rings (SSSR count). The molecule has 0 aliphatic carbocycles. The van der Waals surface area contributed by atoms with Gasteiger partial charge >= 0.3 is 0 Å². The van der Waals surface area contributed by atoms with E-state index in [1.54, 1.807) is 0 Å². The molecule has 0 saturated heterocycles. The minimum absolute atomic E-state index is 0.0326. The number of carbonyl (C=O) groups excluding carboxylic acids is 1. The van der Waals surface area contributed by atoms with Gasteiger partial charge in [-0.25, -0.2) is 0 Å². The highest BCUT2D eigenvalue weighted by Crippen LogP contribution is 2.32. The minimum Gasteiger partial charge on any atom is -0.351 e. The van der Waals surface area contributed by atoms with E-state index in [1.807, 2.05) is 24.6 Å². The highest BCUT2D eigenvalue weighted by molar-refractivity contribution is 9.13. The van der Waals surface area contributed by atoms with Gasteiger partial charge < -0.3 is 5.32 Å². The van der Waals surface area contributed by atoms with Crippen LogP contribution in [0, 0.1) is 13.8 Å². The molecule has 20 heavy (non-hydrogen) atoms. The Morgan fingerprint density at radius 3 is 2.70 bits per heavy atom. The zero-order valence-electron chi connectivity index (χ0n) is 11.2. The number of amides is 1. The first-order valence-corrected chi connectivity index (χ1v) is 8.61. The molecule has 0 spiro atoms. The third kappa shape index (κ3) is 3.93. The Hall–Kier alpha value is -0.660. The Labute approximate surface area is 138 Å². The van der Waals surface area contributed by atoms with Gasteiger partial charge in [0.25, 0.3) is 5.91 Å². The number of thiophene rings is 1. The zero-order valence-corrected chi connectivity index (χ0v) is 15.2. The summed E-state index contributed by atoms with van der Waals surface area (Å²) in [5.41, 5.74) is 2.18. The van der Waals surface area contributed by atoms with Gasteiger partial charge in [-0.1, -0.05) is 0 Å². The number of hydrogen-bond donors (Lipinski definition) is 1. The highest BCUT2D eigenvalue weighted by Gasteiger charge is 2.11. The molecule has 0 radical (unpaired) electrons. The quantitative estimate of drug-likeness (QED) is 0.745. The summed E-state index contributed by atoms with van der Waals surface area (Å²) < 4.78 is 3.82. The largest absolute Gasteiger partial charge is 0.351 e. The van der Waals surface area contributed by atoms with Crippen LogP contribution in [0.4, 0.5) is 0 Å². The number of hydrogen-bond acceptors (Lipinski definition) is 3. The van der Waals surface area contributed by atoms with E-state index in [2.05, 4.69) is 48.3 Å². The molecular weight excluding hydrogens is 406 g/mol. The molecule has 7 heteroatoms. The predicted molar refractivity (Wildman–Crippen MR) is 88.4 cm³/mol. The summed E-state index contributed by atoms with van der Waals surface area (Å²) in [6.45, 7) is 5.49. The fourth-order valence-corrected chi connectivity index (χ4v) is 3.83. The fraction of sp³-hybridized carbons (Fsp3) is 0.385. The van der Waals surface area contributed by atoms with Crippen molar-refractivity contribution in [3.8, 4) is 0 Å². The van der Waals surface area contributed by atoms with Crippen molar-refractivity contribution < 1.29 is 4.79 Å². The number of aryl methyl sites for hydroxylation is 3. The summed E-state index contributed by atoms with van der Waals surface area (Å²) >= 11 is 8.19. The first-order valence-electron chi connectivity index (χ1n) is 6.21. The van der Waals surface area contributed by atoms with Crippen LogP contribution < -0.4 is 5.32 Å². The van der Waals surface area contributed by atoms with E-state index in [4.69, 9.17) is 0 Å². The Morgan fingerprint density at radius 2 is 2.15 bits per heavy atom. The van der Waals surface area contributed by atoms with Crippen LogP contribution >= 0.6 is 43.2 Å². The Kier molecular flexibility index (Phi) is 5.40. The smallest absolute Gasteiger partial charge is 0.261 e. The second-order valence-electron chi connectivity index (χ2n) is 4.49. The van der Waals surface area contributed by atoms with E-state index in [0.29, 0.717) is 11.4 Å². The van der Waals surface area contributed by atoms with Crippen LogP contribution in [0.3, 0.4) is 0 Å². The van der Waals surface area contributed by atoms with E-state index in [-0.39, 0.29) is 5.91 Å². The maximum atomic E-state index is 11.9. The molecule has 4 nitrogen and oxygen atoms in total. The zero-order chi connectivity index (χ0) is 14.7. The van der Waals surface area contributed by atoms with Gasteiger partial charge in [-0.05, 0) is 64.3 Å². The summed E-state index contributed by atoms with van der Waals surface area (Å²) in [4.78, 5) is 12.6. The van der Waals surface area contributed by atoms with E-state index in [0.717, 1.165) is 32.6 Å². The maximum Gasteiger partial charge on any atom is 0.261 e. The molecule has 0 atom stereocenters. The first-order chi connectivity index (χ1) is 9.47. The van der Waals surface area contributed by atoms with Crippen LogP contribution in [0.25, 0.3) is 0 Å². The fourth-order valence-electron chi connectivity index (χ4n) is 1.88. The minimum atomic E-state index is -0.0326. The Morgan fingerprint density at radius 1 is 1.40 bits per heavy atom. The summed E-state index contributed by atoms with van der Waals surface area (Å²) in [6, 6.07) is 3.88. The topological polar surface area (TPSA) is 46.9 Å². The van der Waals surface area contributed by atoms with Crippen LogP contribution in [0.1, 0.15) is 27.5 Å². The van der Waals surface area contributed by atoms with Gasteiger partial charge in [0, 0.05) is 23.3 Å². The standard InChI is InChI=1S/C13H15Br2N3OS/c1-8-6-9(2)18(17-8)5-3-4-16-13(19)11-7-10(14)12(15)20-11/h6-7H,3-5H2,1-2H3,(H,16,19). The van der Waals surface area contributed by atoms with E-state index < -0.39 is 0 Å². The second kappa shape index (κ2) is 6.87. The van der Waals surface area contributed by atoms with Gasteiger partial charge in [-0.15, -0.1) is 11.3 Å². The van der Waals surface area contributed by atoms with Crippen LogP contribution in [0.2, 0.25) is 0 Å². The molecule has 0 aromatic carbocycles. The lowest BCUT2D eigenvalue weighted by Crippen LogP contribution is -2.24. The van der Waals surface area contributed by atoms with Gasteiger partial charge in [-0.3, -0.25) is 9.48 Å². The Bertz CT molecular complexity index is 602. The van der Waals surface area contributed by atoms with Gasteiger partial charge in [-0.2, -0.15) is 5.10 Å². The van der Waals surface area contributed by atoms with Crippen molar-refractivity contribution >= 4 is 49.1 Å². The number of nitrogens with one attached hydrogen (secondary N) is 1. The molecule has 0 fully saturated rings. The maximum absolute atomic E-state index is 11.9. The molecule has 2 heterocycles. The van der Waals surface area contributed by atoms with E-state index in [9.17, 15) is 4.79 Å². The summed E-state index contributed by atoms with van der Waals surface area (Å²) in [7, 11) is 0. The molecule has 0 aliphatic rings. The summed E-state index contributed by atoms with van der Waals surface area (Å²) in [6.07, 6.45) is 0.863. The molecule has 0 bridgehead atoms. The van der Waals surface area contributed by atoms with Crippen LogP contribution in [0.15, 0.2) is 20.4 Å². The van der Waals surface area contributed by atoms with Crippen molar-refractivity contribution in [3.63, 3.8) is 0 Å². The van der Waals surface area contributed by atoms with E-state index >= 15 is 0 Å². The van der Waals surface area contributed by atoms with Crippen molar-refractivity contribution in [2.45, 2.75) is 26.8 Å². The SMILES string of the molecule is Cc1cc(C)n(CCCNC(=O)c2cc(Br)c(Br)s2)n1. The predicted octanol–water partition coefficient (Wildman–Crippen LogP) is 3.91. The number of nitrogens with zero attached hydrogens (tertiary/aromatic N) is 2. The lowest BCUT2D eigenvalue weighted by atomic mass is 10.3. The number of halogens is 2. The number of rotatable bonds is 5. The molecule has 2 aromatic rings. The van der Waals surface area contributed by atoms with E-state index in [1.165, 1.54) is 11.3 Å². The normalized spacial score (nSPS) is 10.8. The van der Waals surface area contributed by atoms with Gasteiger partial charge in [0.15, 0.2) is 0 Å². The third-order valence-corrected chi connectivity index (χ3v) is 6.06. The summed E-state index contributed by atoms with van der Waals surface area (Å²) in [5.74, 6) is -0.0326. The summed E-state index contributed by atoms with van der Waals surface area (Å²) in [5, 5.41) is 7.32. The van der Waals surface area contributed by atoms with Crippen molar-refractivity contribution in [2.75, 3.05) is 6.54 Å². The number of carbonyl (C=O) groups is 1. The lowest BCUT2D eigenvalue weighted by Gasteiger charge is -2.05. The molecular formula is C13H15Br2N3OS. The lowest BCUT2D eigenvalue weighted by molar-refractivity contribution is 0.0956. The van der Waals surface area contributed by atoms with Crippen molar-refractivity contribution in [2.24, 2.45) is 0 Å². The highest BCUT2D eigenvalue weighted by atomic mass is 79.9. The third-order valence-electron chi connectivity index (χ3n) is 2.80. The van der Waals surface area contributed by atoms with Crippen molar-refractivity contribution in [1.82, 2.24) is 15.1 Å². The first kappa shape index (κ1) is 15.7. The number of aromatic nitrogens is 2. The Balaban J connectivity index is 1.78. The molecule has 2 aromatic heterocycles. The van der Waals surface area contributed by atoms with Crippen LogP contribution in [-0.2, 0) is 6.54 Å². The van der Waals surface area contributed by atoms with Crippen LogP contribution in [-0.4, -0.2) is 22.2 Å². The monoisotopic (exact) mass is 419 g/mol. The average molecular weight is 421 g/mol. The molecule has 1 amide bonds. The molecule has 0 saturated carbocycles. The molecule has 0 unspecified atom stereocenters. The molecule has 108 valence electrons. The van der Waals surface area contributed by atoms with Gasteiger partial charge in [0.2, 0.25) is 0 Å². The molecule has 1 N–H and O–H groups in total. The van der Waals surface area contributed by atoms with Gasteiger partial charge in [0.1, 0.15) is 0 Å². The van der Waals surface area contributed by atoms with Crippen molar-refractivity contribution in [1.29, 1.82) is 0 Å².